The molecule has 1 aromatic rings. The molecule has 1 saturated heterocycles. The number of hydrogen-bond donors (Lipinski definition) is 2. The maximum Gasteiger partial charge on any atom is 0.518 e. The summed E-state index contributed by atoms with van der Waals surface area (Å²) < 4.78 is 11.8. The SMILES string of the molecule is CC(N)c1ccnc(B2OC(C)(C)C(C)(C)O2)c1O. The van der Waals surface area contributed by atoms with E-state index in [0.29, 0.717) is 11.2 Å². The lowest BCUT2D eigenvalue weighted by atomic mass is 9.82. The molecule has 1 aromatic heterocycles. The molecule has 1 aliphatic heterocycles. The summed E-state index contributed by atoms with van der Waals surface area (Å²) in [7, 11) is -0.677. The first kappa shape index (κ1) is 14.3. The average Bonchev–Trinajstić information content (AvgIpc) is 2.47. The van der Waals surface area contributed by atoms with Crippen molar-refractivity contribution in [3.8, 4) is 5.75 Å². The van der Waals surface area contributed by atoms with Gasteiger partial charge in [-0.05, 0) is 40.7 Å². The highest BCUT2D eigenvalue weighted by atomic mass is 16.7. The first-order chi connectivity index (χ1) is 8.66. The van der Waals surface area contributed by atoms with Crippen molar-refractivity contribution in [2.45, 2.75) is 51.9 Å². The summed E-state index contributed by atoms with van der Waals surface area (Å²) in [4.78, 5) is 4.18. The Hall–Kier alpha value is -1.11. The lowest BCUT2D eigenvalue weighted by Gasteiger charge is -2.32. The largest absolute Gasteiger partial charge is 0.518 e. The van der Waals surface area contributed by atoms with Gasteiger partial charge in [0.1, 0.15) is 11.3 Å². The van der Waals surface area contributed by atoms with Gasteiger partial charge in [-0.1, -0.05) is 0 Å². The van der Waals surface area contributed by atoms with Crippen LogP contribution in [0.4, 0.5) is 0 Å². The van der Waals surface area contributed by atoms with Gasteiger partial charge in [-0.3, -0.25) is 4.98 Å². The van der Waals surface area contributed by atoms with E-state index in [2.05, 4.69) is 4.98 Å². The first-order valence-corrected chi connectivity index (χ1v) is 6.45. The van der Waals surface area contributed by atoms with Gasteiger partial charge in [0.25, 0.3) is 0 Å². The molecule has 0 aliphatic carbocycles. The lowest BCUT2D eigenvalue weighted by Crippen LogP contribution is -2.41. The van der Waals surface area contributed by atoms with Crippen molar-refractivity contribution in [1.29, 1.82) is 0 Å². The Morgan fingerprint density at radius 2 is 1.79 bits per heavy atom. The van der Waals surface area contributed by atoms with Crippen molar-refractivity contribution < 1.29 is 14.4 Å². The minimum Gasteiger partial charge on any atom is -0.506 e. The number of aromatic nitrogens is 1. The van der Waals surface area contributed by atoms with E-state index in [1.54, 1.807) is 12.3 Å². The van der Waals surface area contributed by atoms with Crippen LogP contribution in [0.15, 0.2) is 12.3 Å². The molecule has 19 heavy (non-hydrogen) atoms. The Kier molecular flexibility index (Phi) is 3.37. The molecule has 2 heterocycles. The summed E-state index contributed by atoms with van der Waals surface area (Å²) in [6.45, 7) is 9.64. The third kappa shape index (κ3) is 2.36. The van der Waals surface area contributed by atoms with Crippen molar-refractivity contribution in [1.82, 2.24) is 4.98 Å². The van der Waals surface area contributed by atoms with Gasteiger partial charge >= 0.3 is 7.12 Å². The van der Waals surface area contributed by atoms with Crippen LogP contribution < -0.4 is 11.3 Å². The van der Waals surface area contributed by atoms with Gasteiger partial charge in [-0.15, -0.1) is 0 Å². The standard InChI is InChI=1S/C13H21BN2O3/c1-8(15)9-6-7-16-11(10(9)17)14-18-12(2,3)13(4,5)19-14/h6-8,17H,15H2,1-5H3. The third-order valence-corrected chi connectivity index (χ3v) is 3.95. The third-order valence-electron chi connectivity index (χ3n) is 3.95. The van der Waals surface area contributed by atoms with Crippen molar-refractivity contribution >= 4 is 12.7 Å². The highest BCUT2D eigenvalue weighted by Crippen LogP contribution is 2.37. The van der Waals surface area contributed by atoms with Crippen molar-refractivity contribution in [3.63, 3.8) is 0 Å². The Balaban J connectivity index is 2.38. The Morgan fingerprint density at radius 3 is 2.26 bits per heavy atom. The van der Waals surface area contributed by atoms with Gasteiger partial charge in [-0.25, -0.2) is 0 Å². The molecule has 1 aliphatic rings. The van der Waals surface area contributed by atoms with Gasteiger partial charge in [0.05, 0.1) is 11.2 Å². The minimum absolute atomic E-state index is 0.0519. The van der Waals surface area contributed by atoms with E-state index < -0.39 is 18.3 Å². The molecule has 0 bridgehead atoms. The molecule has 1 atom stereocenters. The van der Waals surface area contributed by atoms with E-state index in [0.717, 1.165) is 0 Å². The molecule has 3 N–H and O–H groups in total. The maximum atomic E-state index is 10.3. The monoisotopic (exact) mass is 264 g/mol. The zero-order valence-electron chi connectivity index (χ0n) is 12.1. The molecule has 5 nitrogen and oxygen atoms in total. The van der Waals surface area contributed by atoms with Crippen LogP contribution >= 0.6 is 0 Å². The van der Waals surface area contributed by atoms with Gasteiger partial charge in [0.2, 0.25) is 0 Å². The van der Waals surface area contributed by atoms with Crippen LogP contribution in [-0.2, 0) is 9.31 Å². The van der Waals surface area contributed by atoms with Crippen LogP contribution in [0.2, 0.25) is 0 Å². The van der Waals surface area contributed by atoms with E-state index in [1.807, 2.05) is 34.6 Å². The van der Waals surface area contributed by atoms with Crippen molar-refractivity contribution in [2.75, 3.05) is 0 Å². The van der Waals surface area contributed by atoms with Crippen LogP contribution in [0, 0.1) is 0 Å². The number of aromatic hydroxyl groups is 1. The van der Waals surface area contributed by atoms with E-state index in [9.17, 15) is 5.11 Å². The normalized spacial score (nSPS) is 22.5. The molecule has 104 valence electrons. The second-order valence-electron chi connectivity index (χ2n) is 6.01. The highest BCUT2D eigenvalue weighted by molar-refractivity contribution is 6.62. The van der Waals surface area contributed by atoms with Crippen LogP contribution in [0.1, 0.15) is 46.2 Å². The Labute approximate surface area is 114 Å². The predicted octanol–water partition coefficient (Wildman–Crippen LogP) is 1.11. The summed E-state index contributed by atoms with van der Waals surface area (Å²) in [5.74, 6) is 0.0519. The average molecular weight is 264 g/mol. The molecule has 1 fully saturated rings. The quantitative estimate of drug-likeness (QED) is 0.782. The fraction of sp³-hybridized carbons (Fsp3) is 0.615. The molecule has 0 spiro atoms. The van der Waals surface area contributed by atoms with E-state index >= 15 is 0 Å². The second kappa shape index (κ2) is 4.47. The second-order valence-corrected chi connectivity index (χ2v) is 6.01. The van der Waals surface area contributed by atoms with Crippen LogP contribution in [0.5, 0.6) is 5.75 Å². The van der Waals surface area contributed by atoms with E-state index in [-0.39, 0.29) is 11.8 Å². The predicted molar refractivity (Wildman–Crippen MR) is 74.2 cm³/mol. The lowest BCUT2D eigenvalue weighted by molar-refractivity contribution is 0.00578. The fourth-order valence-corrected chi connectivity index (χ4v) is 1.98. The highest BCUT2D eigenvalue weighted by Gasteiger charge is 2.53. The topological polar surface area (TPSA) is 77.6 Å². The fourth-order valence-electron chi connectivity index (χ4n) is 1.98. The molecule has 0 saturated carbocycles. The van der Waals surface area contributed by atoms with Gasteiger partial charge in [0.15, 0.2) is 0 Å². The minimum atomic E-state index is -0.677. The number of rotatable bonds is 2. The molecular formula is C13H21BN2O3. The molecule has 0 radical (unpaired) electrons. The van der Waals surface area contributed by atoms with E-state index in [4.69, 9.17) is 15.0 Å². The van der Waals surface area contributed by atoms with Crippen molar-refractivity contribution in [2.24, 2.45) is 5.73 Å². The number of pyridine rings is 1. The maximum absolute atomic E-state index is 10.3. The van der Waals surface area contributed by atoms with Crippen LogP contribution in [-0.4, -0.2) is 28.4 Å². The number of nitrogens with zero attached hydrogens (tertiary/aromatic N) is 1. The zero-order chi connectivity index (χ0) is 14.4. The molecule has 1 unspecified atom stereocenters. The number of nitrogens with two attached hydrogens (primary N) is 1. The van der Waals surface area contributed by atoms with Crippen LogP contribution in [0.25, 0.3) is 0 Å². The van der Waals surface area contributed by atoms with Gasteiger partial charge < -0.3 is 20.1 Å². The Bertz CT molecular complexity index is 473. The van der Waals surface area contributed by atoms with Crippen LogP contribution in [0.3, 0.4) is 0 Å². The summed E-state index contributed by atoms with van der Waals surface area (Å²) in [6, 6.07) is 1.43. The summed E-state index contributed by atoms with van der Waals surface area (Å²) >= 11 is 0. The molecule has 2 rings (SSSR count). The zero-order valence-corrected chi connectivity index (χ0v) is 12.1. The summed E-state index contributed by atoms with van der Waals surface area (Å²) in [5, 5.41) is 10.3. The first-order valence-electron chi connectivity index (χ1n) is 6.45. The van der Waals surface area contributed by atoms with Gasteiger partial charge in [-0.2, -0.15) is 0 Å². The van der Waals surface area contributed by atoms with Gasteiger partial charge in [0, 0.05) is 17.8 Å². The summed E-state index contributed by atoms with van der Waals surface area (Å²) in [6.07, 6.45) is 1.61. The van der Waals surface area contributed by atoms with E-state index in [1.165, 1.54) is 0 Å². The number of hydrogen-bond acceptors (Lipinski definition) is 5. The molecule has 0 amide bonds. The smallest absolute Gasteiger partial charge is 0.506 e. The Morgan fingerprint density at radius 1 is 1.26 bits per heavy atom. The van der Waals surface area contributed by atoms with Crippen molar-refractivity contribution in [3.05, 3.63) is 17.8 Å². The molecular weight excluding hydrogens is 243 g/mol. The summed E-state index contributed by atoms with van der Waals surface area (Å²) in [5.41, 5.74) is 5.92. The molecule has 6 heteroatoms. The molecule has 0 aromatic carbocycles.